The third-order valence-corrected chi connectivity index (χ3v) is 5.42. The van der Waals surface area contributed by atoms with Crippen molar-refractivity contribution >= 4 is 23.1 Å². The fraction of sp³-hybridized carbons (Fsp3) is 0.312. The number of hydrogen-bond donors (Lipinski definition) is 0. The first-order chi connectivity index (χ1) is 10.8. The van der Waals surface area contributed by atoms with E-state index in [0.717, 1.165) is 33.1 Å². The first-order valence-electron chi connectivity index (χ1n) is 7.36. The van der Waals surface area contributed by atoms with Gasteiger partial charge in [-0.1, -0.05) is 30.0 Å². The summed E-state index contributed by atoms with van der Waals surface area (Å²) in [6.45, 7) is 2.04. The van der Waals surface area contributed by atoms with Crippen molar-refractivity contribution in [2.45, 2.75) is 36.6 Å². The van der Waals surface area contributed by atoms with E-state index in [9.17, 15) is 0 Å². The molecule has 2 aromatic heterocycles. The maximum Gasteiger partial charge on any atom is 0.196 e. The summed E-state index contributed by atoms with van der Waals surface area (Å²) in [5, 5.41) is 13.1. The summed E-state index contributed by atoms with van der Waals surface area (Å²) in [5.74, 6) is 2.51. The molecule has 0 N–H and O–H groups in total. The van der Waals surface area contributed by atoms with Crippen LogP contribution in [0.4, 0.5) is 0 Å². The first kappa shape index (κ1) is 14.0. The van der Waals surface area contributed by atoms with E-state index in [1.54, 1.807) is 23.1 Å². The highest BCUT2D eigenvalue weighted by Crippen LogP contribution is 2.41. The van der Waals surface area contributed by atoms with Crippen molar-refractivity contribution in [2.75, 3.05) is 0 Å². The minimum atomic E-state index is 0.573. The van der Waals surface area contributed by atoms with Gasteiger partial charge in [-0.25, -0.2) is 4.98 Å². The molecule has 0 spiro atoms. The molecule has 4 nitrogen and oxygen atoms in total. The summed E-state index contributed by atoms with van der Waals surface area (Å²) in [7, 11) is 0. The lowest BCUT2D eigenvalue weighted by Gasteiger charge is -2.09. The Morgan fingerprint density at radius 3 is 2.73 bits per heavy atom. The summed E-state index contributed by atoms with van der Waals surface area (Å²) in [6.07, 6.45) is 2.45. The van der Waals surface area contributed by atoms with Crippen LogP contribution in [0, 0.1) is 6.92 Å². The zero-order chi connectivity index (χ0) is 14.9. The maximum absolute atomic E-state index is 4.52. The van der Waals surface area contributed by atoms with Crippen molar-refractivity contribution in [2.24, 2.45) is 0 Å². The van der Waals surface area contributed by atoms with Crippen LogP contribution < -0.4 is 0 Å². The van der Waals surface area contributed by atoms with Gasteiger partial charge < -0.3 is 0 Å². The molecule has 1 saturated carbocycles. The Labute approximate surface area is 137 Å². The minimum Gasteiger partial charge on any atom is -0.274 e. The van der Waals surface area contributed by atoms with Gasteiger partial charge in [0, 0.05) is 22.7 Å². The van der Waals surface area contributed by atoms with Gasteiger partial charge in [-0.05, 0) is 31.9 Å². The zero-order valence-corrected chi connectivity index (χ0v) is 13.9. The average molecular weight is 328 g/mol. The molecule has 3 aromatic rings. The second-order valence-corrected chi connectivity index (χ2v) is 7.44. The van der Waals surface area contributed by atoms with Gasteiger partial charge >= 0.3 is 0 Å². The van der Waals surface area contributed by atoms with Crippen molar-refractivity contribution in [3.8, 4) is 5.69 Å². The molecule has 0 radical (unpaired) electrons. The normalized spacial score (nSPS) is 14.4. The van der Waals surface area contributed by atoms with E-state index in [2.05, 4.69) is 49.4 Å². The van der Waals surface area contributed by atoms with E-state index in [-0.39, 0.29) is 0 Å². The first-order valence-corrected chi connectivity index (χ1v) is 9.22. The number of para-hydroxylation sites is 1. The highest BCUT2D eigenvalue weighted by molar-refractivity contribution is 7.98. The number of rotatable bonds is 5. The predicted octanol–water partition coefficient (Wildman–Crippen LogP) is 4.20. The molecule has 0 unspecified atom stereocenters. The van der Waals surface area contributed by atoms with Gasteiger partial charge in [0.15, 0.2) is 5.16 Å². The van der Waals surface area contributed by atoms with Crippen molar-refractivity contribution < 1.29 is 0 Å². The number of hydrogen-bond acceptors (Lipinski definition) is 5. The topological polar surface area (TPSA) is 43.6 Å². The van der Waals surface area contributed by atoms with Gasteiger partial charge in [0.05, 0.1) is 10.7 Å². The van der Waals surface area contributed by atoms with E-state index in [4.69, 9.17) is 0 Å². The van der Waals surface area contributed by atoms with Crippen LogP contribution in [0.1, 0.15) is 35.3 Å². The SMILES string of the molecule is Cc1nc(CSc2nnc(C3CC3)n2-c2ccccc2)cs1. The summed E-state index contributed by atoms with van der Waals surface area (Å²) < 4.78 is 2.21. The fourth-order valence-electron chi connectivity index (χ4n) is 2.41. The minimum absolute atomic E-state index is 0.573. The maximum atomic E-state index is 4.52. The number of thioether (sulfide) groups is 1. The molecule has 0 amide bonds. The Balaban J connectivity index is 1.64. The van der Waals surface area contributed by atoms with Crippen LogP contribution in [0.25, 0.3) is 5.69 Å². The Morgan fingerprint density at radius 2 is 2.05 bits per heavy atom. The number of nitrogens with zero attached hydrogens (tertiary/aromatic N) is 4. The fourth-order valence-corrected chi connectivity index (χ4v) is 3.98. The van der Waals surface area contributed by atoms with E-state index < -0.39 is 0 Å². The van der Waals surface area contributed by atoms with Gasteiger partial charge in [0.2, 0.25) is 0 Å². The van der Waals surface area contributed by atoms with Gasteiger partial charge in [-0.3, -0.25) is 4.57 Å². The van der Waals surface area contributed by atoms with Crippen LogP contribution >= 0.6 is 23.1 Å². The third-order valence-electron chi connectivity index (χ3n) is 3.63. The van der Waals surface area contributed by atoms with Crippen LogP contribution in [0.5, 0.6) is 0 Å². The van der Waals surface area contributed by atoms with Gasteiger partial charge in [-0.15, -0.1) is 21.5 Å². The largest absolute Gasteiger partial charge is 0.274 e. The van der Waals surface area contributed by atoms with Crippen molar-refractivity contribution in [1.29, 1.82) is 0 Å². The molecule has 22 heavy (non-hydrogen) atoms. The molecule has 0 atom stereocenters. The van der Waals surface area contributed by atoms with Crippen LogP contribution in [-0.4, -0.2) is 19.7 Å². The molecule has 4 rings (SSSR count). The van der Waals surface area contributed by atoms with Crippen molar-refractivity contribution in [1.82, 2.24) is 19.7 Å². The Bertz CT molecular complexity index is 775. The molecule has 2 heterocycles. The predicted molar refractivity (Wildman–Crippen MR) is 89.7 cm³/mol. The lowest BCUT2D eigenvalue weighted by atomic mass is 10.3. The number of aromatic nitrogens is 4. The molecule has 1 aliphatic carbocycles. The van der Waals surface area contributed by atoms with Gasteiger partial charge in [-0.2, -0.15) is 0 Å². The molecule has 0 bridgehead atoms. The molecular formula is C16H16N4S2. The molecular weight excluding hydrogens is 312 g/mol. The third kappa shape index (κ3) is 2.80. The quantitative estimate of drug-likeness (QED) is 0.658. The summed E-state index contributed by atoms with van der Waals surface area (Å²) >= 11 is 3.40. The Hall–Kier alpha value is -1.66. The molecule has 6 heteroatoms. The zero-order valence-electron chi connectivity index (χ0n) is 12.3. The summed E-state index contributed by atoms with van der Waals surface area (Å²) in [5.41, 5.74) is 2.26. The molecule has 1 aliphatic rings. The van der Waals surface area contributed by atoms with Crippen LogP contribution in [0.15, 0.2) is 40.9 Å². The monoisotopic (exact) mass is 328 g/mol. The lowest BCUT2D eigenvalue weighted by Crippen LogP contribution is -2.01. The van der Waals surface area contributed by atoms with Crippen LogP contribution in [0.3, 0.4) is 0 Å². The van der Waals surface area contributed by atoms with E-state index in [0.29, 0.717) is 5.92 Å². The highest BCUT2D eigenvalue weighted by Gasteiger charge is 2.31. The summed E-state index contributed by atoms with van der Waals surface area (Å²) in [6, 6.07) is 10.4. The standard InChI is InChI=1S/C16H16N4S2/c1-11-17-13(9-21-11)10-22-16-19-18-15(12-7-8-12)20(16)14-5-3-2-4-6-14/h2-6,9,12H,7-8,10H2,1H3. The van der Waals surface area contributed by atoms with Crippen LogP contribution in [0.2, 0.25) is 0 Å². The highest BCUT2D eigenvalue weighted by atomic mass is 32.2. The smallest absolute Gasteiger partial charge is 0.196 e. The molecule has 0 saturated heterocycles. The second kappa shape index (κ2) is 5.85. The van der Waals surface area contributed by atoms with Crippen molar-refractivity contribution in [3.05, 3.63) is 52.2 Å². The van der Waals surface area contributed by atoms with Crippen molar-refractivity contribution in [3.63, 3.8) is 0 Å². The van der Waals surface area contributed by atoms with Gasteiger partial charge in [0.1, 0.15) is 5.82 Å². The van der Waals surface area contributed by atoms with E-state index in [1.165, 1.54) is 12.8 Å². The molecule has 1 fully saturated rings. The number of benzene rings is 1. The molecule has 112 valence electrons. The van der Waals surface area contributed by atoms with E-state index >= 15 is 0 Å². The molecule has 0 aliphatic heterocycles. The van der Waals surface area contributed by atoms with Gasteiger partial charge in [0.25, 0.3) is 0 Å². The van der Waals surface area contributed by atoms with Crippen LogP contribution in [-0.2, 0) is 5.75 Å². The Kier molecular flexibility index (Phi) is 3.72. The molecule has 1 aromatic carbocycles. The van der Waals surface area contributed by atoms with E-state index in [1.807, 2.05) is 13.0 Å². The average Bonchev–Trinajstić information content (AvgIpc) is 3.17. The lowest BCUT2D eigenvalue weighted by molar-refractivity contribution is 0.829. The number of aryl methyl sites for hydroxylation is 1. The number of thiazole rings is 1. The summed E-state index contributed by atoms with van der Waals surface area (Å²) in [4.78, 5) is 4.52. The Morgan fingerprint density at radius 1 is 1.23 bits per heavy atom. The second-order valence-electron chi connectivity index (χ2n) is 5.43.